The lowest BCUT2D eigenvalue weighted by molar-refractivity contribution is -0.144. The molecule has 0 bridgehead atoms. The third-order valence-electron chi connectivity index (χ3n) is 5.90. The Kier molecular flexibility index (Phi) is 7.52. The summed E-state index contributed by atoms with van der Waals surface area (Å²) in [7, 11) is 0. The van der Waals surface area contributed by atoms with Crippen LogP contribution in [0.15, 0.2) is 28.7 Å². The zero-order valence-electron chi connectivity index (χ0n) is 18.4. The molecule has 4 nitrogen and oxygen atoms in total. The van der Waals surface area contributed by atoms with E-state index in [-0.39, 0.29) is 29.1 Å². The predicted octanol–water partition coefficient (Wildman–Crippen LogP) is 6.72. The summed E-state index contributed by atoms with van der Waals surface area (Å²) in [5, 5.41) is 6.57. The Morgan fingerprint density at radius 2 is 1.82 bits per heavy atom. The van der Waals surface area contributed by atoms with Crippen molar-refractivity contribution in [2.75, 3.05) is 6.61 Å². The standard InChI is InChI=1S/C23H21ClF5NO3S/c1-11-12(2)17(6-4-13(11)5-7-18(31)32)33-10-22(3)20(30-34-21(22)23(27,28)29)19-15(25)8-14(24)9-16(19)26/h4,6,8-9,21H,5,7,10H2,1-3H3,(H,31,32). The maximum Gasteiger partial charge on any atom is 0.403 e. The molecule has 34 heavy (non-hydrogen) atoms. The highest BCUT2D eigenvalue weighted by Crippen LogP contribution is 2.51. The molecule has 184 valence electrons. The Balaban J connectivity index is 1.96. The zero-order valence-corrected chi connectivity index (χ0v) is 20.0. The highest BCUT2D eigenvalue weighted by Gasteiger charge is 2.59. The van der Waals surface area contributed by atoms with Crippen LogP contribution >= 0.6 is 23.5 Å². The summed E-state index contributed by atoms with van der Waals surface area (Å²) in [6.07, 6.45) is -4.50. The largest absolute Gasteiger partial charge is 0.492 e. The van der Waals surface area contributed by atoms with Crippen molar-refractivity contribution in [2.45, 2.75) is 45.0 Å². The quantitative estimate of drug-likeness (QED) is 0.324. The van der Waals surface area contributed by atoms with E-state index < -0.39 is 52.3 Å². The van der Waals surface area contributed by atoms with Crippen molar-refractivity contribution in [3.63, 3.8) is 0 Å². The van der Waals surface area contributed by atoms with Gasteiger partial charge in [-0.25, -0.2) is 13.2 Å². The Bertz CT molecular complexity index is 1130. The number of ether oxygens (including phenoxy) is 1. The van der Waals surface area contributed by atoms with E-state index in [0.29, 0.717) is 12.0 Å². The predicted molar refractivity (Wildman–Crippen MR) is 121 cm³/mol. The number of carboxylic acid groups (broad SMARTS) is 1. The number of alkyl halides is 3. The van der Waals surface area contributed by atoms with E-state index in [2.05, 4.69) is 4.40 Å². The fraction of sp³-hybridized carbons (Fsp3) is 0.391. The van der Waals surface area contributed by atoms with Gasteiger partial charge in [-0.1, -0.05) is 17.7 Å². The Labute approximate surface area is 202 Å². The molecule has 0 aromatic heterocycles. The van der Waals surface area contributed by atoms with Crippen LogP contribution in [-0.2, 0) is 11.2 Å². The second-order valence-electron chi connectivity index (χ2n) is 8.28. The molecular weight excluding hydrogens is 501 g/mol. The molecule has 0 saturated carbocycles. The van der Waals surface area contributed by atoms with Gasteiger partial charge < -0.3 is 9.84 Å². The lowest BCUT2D eigenvalue weighted by atomic mass is 9.78. The average Bonchev–Trinajstić information content (AvgIpc) is 3.05. The van der Waals surface area contributed by atoms with Gasteiger partial charge in [0.25, 0.3) is 0 Å². The smallest absolute Gasteiger partial charge is 0.403 e. The molecule has 0 amide bonds. The van der Waals surface area contributed by atoms with E-state index >= 15 is 0 Å². The zero-order chi connectivity index (χ0) is 25.4. The van der Waals surface area contributed by atoms with Crippen LogP contribution in [0.25, 0.3) is 0 Å². The number of carbonyl (C=O) groups is 1. The Hall–Kier alpha value is -2.33. The molecule has 0 saturated heterocycles. The van der Waals surface area contributed by atoms with Gasteiger partial charge in [-0.2, -0.15) is 13.2 Å². The number of aliphatic carboxylic acids is 1. The minimum absolute atomic E-state index is 0.0684. The topological polar surface area (TPSA) is 58.9 Å². The second kappa shape index (κ2) is 9.73. The summed E-state index contributed by atoms with van der Waals surface area (Å²) in [5.41, 5.74) is -0.842. The number of benzene rings is 2. The van der Waals surface area contributed by atoms with Crippen molar-refractivity contribution in [2.24, 2.45) is 9.81 Å². The summed E-state index contributed by atoms with van der Waals surface area (Å²) in [5.74, 6) is -2.90. The van der Waals surface area contributed by atoms with E-state index in [0.717, 1.165) is 23.3 Å². The molecule has 1 aliphatic rings. The minimum atomic E-state index is -4.72. The van der Waals surface area contributed by atoms with E-state index in [4.69, 9.17) is 21.4 Å². The molecule has 0 radical (unpaired) electrons. The van der Waals surface area contributed by atoms with Gasteiger partial charge in [0.05, 0.1) is 16.7 Å². The summed E-state index contributed by atoms with van der Waals surface area (Å²) in [6, 6.07) is 4.84. The van der Waals surface area contributed by atoms with Gasteiger partial charge in [-0.3, -0.25) is 4.79 Å². The van der Waals surface area contributed by atoms with Gasteiger partial charge in [-0.05, 0) is 74.0 Å². The third kappa shape index (κ3) is 5.17. The maximum atomic E-state index is 14.6. The molecule has 2 atom stereocenters. The van der Waals surface area contributed by atoms with E-state index in [1.807, 2.05) is 0 Å². The molecule has 2 unspecified atom stereocenters. The van der Waals surface area contributed by atoms with Crippen LogP contribution in [0.4, 0.5) is 22.0 Å². The first kappa shape index (κ1) is 26.3. The molecule has 0 aliphatic carbocycles. The molecule has 2 aromatic rings. The number of rotatable bonds is 7. The van der Waals surface area contributed by atoms with E-state index in [1.165, 1.54) is 6.92 Å². The lowest BCUT2D eigenvalue weighted by Gasteiger charge is -2.33. The first-order valence-electron chi connectivity index (χ1n) is 10.1. The molecule has 3 rings (SSSR count). The highest BCUT2D eigenvalue weighted by molar-refractivity contribution is 7.99. The van der Waals surface area contributed by atoms with E-state index in [9.17, 15) is 26.7 Å². The van der Waals surface area contributed by atoms with Gasteiger partial charge in [0.15, 0.2) is 0 Å². The van der Waals surface area contributed by atoms with Crippen molar-refractivity contribution >= 4 is 35.2 Å². The van der Waals surface area contributed by atoms with Crippen LogP contribution < -0.4 is 4.74 Å². The number of hydrogen-bond acceptors (Lipinski definition) is 4. The molecule has 11 heteroatoms. The minimum Gasteiger partial charge on any atom is -0.492 e. The average molecular weight is 522 g/mol. The van der Waals surface area contributed by atoms with Gasteiger partial charge in [0.1, 0.15) is 29.2 Å². The van der Waals surface area contributed by atoms with Crippen molar-refractivity contribution in [3.8, 4) is 5.75 Å². The summed E-state index contributed by atoms with van der Waals surface area (Å²) in [4.78, 5) is 10.9. The van der Waals surface area contributed by atoms with Crippen molar-refractivity contribution in [1.82, 2.24) is 0 Å². The van der Waals surface area contributed by atoms with Crippen LogP contribution in [0.3, 0.4) is 0 Å². The maximum absolute atomic E-state index is 14.6. The lowest BCUT2D eigenvalue weighted by Crippen LogP contribution is -2.47. The fourth-order valence-electron chi connectivity index (χ4n) is 3.86. The van der Waals surface area contributed by atoms with Gasteiger partial charge in [-0.15, -0.1) is 0 Å². The monoisotopic (exact) mass is 521 g/mol. The Morgan fingerprint density at radius 3 is 2.38 bits per heavy atom. The van der Waals surface area contributed by atoms with Crippen molar-refractivity contribution in [3.05, 3.63) is 63.2 Å². The second-order valence-corrected chi connectivity index (χ2v) is 9.59. The molecule has 2 aromatic carbocycles. The number of carboxylic acids is 1. The van der Waals surface area contributed by atoms with Gasteiger partial charge in [0, 0.05) is 11.4 Å². The number of aryl methyl sites for hydroxylation is 1. The first-order chi connectivity index (χ1) is 15.8. The number of hydrogen-bond donors (Lipinski definition) is 1. The molecule has 1 N–H and O–H groups in total. The highest BCUT2D eigenvalue weighted by atomic mass is 35.5. The normalized spacial score (nSPS) is 20.4. The number of halogens is 6. The summed E-state index contributed by atoms with van der Waals surface area (Å²) in [6.45, 7) is 4.12. The van der Waals surface area contributed by atoms with Crippen molar-refractivity contribution < 1.29 is 36.6 Å². The van der Waals surface area contributed by atoms with Crippen LogP contribution in [0, 0.1) is 30.9 Å². The third-order valence-corrected chi connectivity index (χ3v) is 7.40. The Morgan fingerprint density at radius 1 is 1.21 bits per heavy atom. The van der Waals surface area contributed by atoms with Crippen LogP contribution in [0.5, 0.6) is 5.75 Å². The summed E-state index contributed by atoms with van der Waals surface area (Å²) >= 11 is 5.86. The molecule has 1 heterocycles. The molecule has 0 fully saturated rings. The van der Waals surface area contributed by atoms with Crippen LogP contribution in [-0.4, -0.2) is 34.8 Å². The summed E-state index contributed by atoms with van der Waals surface area (Å²) < 4.78 is 80.4. The molecule has 1 aliphatic heterocycles. The van der Waals surface area contributed by atoms with Gasteiger partial charge >= 0.3 is 12.1 Å². The van der Waals surface area contributed by atoms with E-state index in [1.54, 1.807) is 26.0 Å². The fourth-order valence-corrected chi connectivity index (χ4v) is 5.10. The van der Waals surface area contributed by atoms with Crippen molar-refractivity contribution in [1.29, 1.82) is 0 Å². The van der Waals surface area contributed by atoms with Gasteiger partial charge in [0.2, 0.25) is 0 Å². The first-order valence-corrected chi connectivity index (χ1v) is 11.4. The molecule has 0 spiro atoms. The SMILES string of the molecule is Cc1c(CCC(=O)O)ccc(OCC2(C)C(c3c(F)cc(Cl)cc3F)=NSC2C(F)(F)F)c1C. The number of nitrogens with zero attached hydrogens (tertiary/aromatic N) is 1. The van der Waals surface area contributed by atoms with Crippen LogP contribution in [0.2, 0.25) is 5.02 Å². The van der Waals surface area contributed by atoms with Crippen LogP contribution in [0.1, 0.15) is 35.6 Å². The molecular formula is C23H21ClF5NO3S.